The minimum Gasteiger partial charge on any atom is -0.353 e. The number of piperidine rings is 1. The first-order chi connectivity index (χ1) is 7.27. The highest BCUT2D eigenvalue weighted by atomic mass is 35.5. The molecule has 1 saturated carbocycles. The summed E-state index contributed by atoms with van der Waals surface area (Å²) in [5.41, 5.74) is 0. The van der Waals surface area contributed by atoms with Gasteiger partial charge in [-0.1, -0.05) is 12.8 Å². The van der Waals surface area contributed by atoms with Crippen molar-refractivity contribution in [2.45, 2.75) is 57.5 Å². The van der Waals surface area contributed by atoms with Crippen molar-refractivity contribution >= 4 is 18.3 Å². The van der Waals surface area contributed by atoms with Gasteiger partial charge < -0.3 is 10.6 Å². The van der Waals surface area contributed by atoms with Crippen molar-refractivity contribution in [3.05, 3.63) is 0 Å². The van der Waals surface area contributed by atoms with Crippen LogP contribution in [0, 0.1) is 5.92 Å². The van der Waals surface area contributed by atoms with Gasteiger partial charge in [0.15, 0.2) is 0 Å². The van der Waals surface area contributed by atoms with Gasteiger partial charge in [0.2, 0.25) is 5.91 Å². The van der Waals surface area contributed by atoms with E-state index in [0.29, 0.717) is 12.1 Å². The Kier molecular flexibility index (Phi) is 5.56. The van der Waals surface area contributed by atoms with Gasteiger partial charge in [-0.2, -0.15) is 0 Å². The number of hydrogen-bond donors (Lipinski definition) is 2. The fraction of sp³-hybridized carbons (Fsp3) is 0.917. The molecule has 0 bridgehead atoms. The minimum atomic E-state index is 0. The highest BCUT2D eigenvalue weighted by Crippen LogP contribution is 2.21. The second kappa shape index (κ2) is 6.45. The van der Waals surface area contributed by atoms with Gasteiger partial charge in [-0.15, -0.1) is 12.4 Å². The molecule has 0 aromatic heterocycles. The maximum absolute atomic E-state index is 12.0. The molecule has 2 N–H and O–H groups in total. The lowest BCUT2D eigenvalue weighted by atomic mass is 9.91. The zero-order chi connectivity index (χ0) is 10.7. The minimum absolute atomic E-state index is 0. The second-order valence-corrected chi connectivity index (χ2v) is 4.98. The largest absolute Gasteiger partial charge is 0.353 e. The summed E-state index contributed by atoms with van der Waals surface area (Å²) in [5, 5.41) is 6.58. The van der Waals surface area contributed by atoms with Crippen molar-refractivity contribution in [2.75, 3.05) is 6.54 Å². The average molecular weight is 247 g/mol. The van der Waals surface area contributed by atoms with Gasteiger partial charge in [0, 0.05) is 12.1 Å². The molecule has 2 fully saturated rings. The summed E-state index contributed by atoms with van der Waals surface area (Å²) in [4.78, 5) is 12.0. The summed E-state index contributed by atoms with van der Waals surface area (Å²) in [6.45, 7) is 3.19. The maximum atomic E-state index is 12.0. The normalized spacial score (nSPS) is 30.8. The Bertz CT molecular complexity index is 229. The molecule has 1 heterocycles. The van der Waals surface area contributed by atoms with Crippen LogP contribution < -0.4 is 10.6 Å². The molecule has 16 heavy (non-hydrogen) atoms. The molecule has 4 heteroatoms. The van der Waals surface area contributed by atoms with Crippen LogP contribution in [0.3, 0.4) is 0 Å². The zero-order valence-corrected chi connectivity index (χ0v) is 10.8. The molecule has 0 unspecified atom stereocenters. The molecule has 1 amide bonds. The van der Waals surface area contributed by atoms with Crippen molar-refractivity contribution in [2.24, 2.45) is 5.92 Å². The fourth-order valence-electron chi connectivity index (χ4n) is 2.78. The molecule has 1 saturated heterocycles. The van der Waals surface area contributed by atoms with E-state index in [9.17, 15) is 4.79 Å². The van der Waals surface area contributed by atoms with Gasteiger partial charge in [-0.05, 0) is 39.2 Å². The highest BCUT2D eigenvalue weighted by Gasteiger charge is 2.29. The van der Waals surface area contributed by atoms with E-state index in [1.165, 1.54) is 25.7 Å². The number of amides is 1. The Labute approximate surface area is 104 Å². The van der Waals surface area contributed by atoms with E-state index >= 15 is 0 Å². The summed E-state index contributed by atoms with van der Waals surface area (Å²) in [6.07, 6.45) is 7.10. The Balaban J connectivity index is 0.00000128. The lowest BCUT2D eigenvalue weighted by Crippen LogP contribution is -2.48. The molecule has 1 aliphatic carbocycles. The molecule has 3 nitrogen and oxygen atoms in total. The lowest BCUT2D eigenvalue weighted by Gasteiger charge is -2.29. The number of rotatable bonds is 2. The standard InChI is InChI=1S/C12H22N2O.ClH/c1-9-11(7-4-8-13-9)12(15)14-10-5-2-3-6-10;/h9-11,13H,2-8H2,1H3,(H,14,15);1H/t9-,11-;/m1./s1. The van der Waals surface area contributed by atoms with Crippen LogP contribution in [0.5, 0.6) is 0 Å². The molecule has 94 valence electrons. The van der Waals surface area contributed by atoms with Gasteiger partial charge in [0.05, 0.1) is 5.92 Å². The summed E-state index contributed by atoms with van der Waals surface area (Å²) in [6, 6.07) is 0.812. The van der Waals surface area contributed by atoms with Crippen molar-refractivity contribution in [1.82, 2.24) is 10.6 Å². The predicted octanol–water partition coefficient (Wildman–Crippen LogP) is 1.86. The van der Waals surface area contributed by atoms with Crippen LogP contribution in [-0.4, -0.2) is 24.5 Å². The molecule has 2 atom stereocenters. The number of carbonyl (C=O) groups is 1. The van der Waals surface area contributed by atoms with E-state index in [1.54, 1.807) is 0 Å². The summed E-state index contributed by atoms with van der Waals surface area (Å²) >= 11 is 0. The Hall–Kier alpha value is -0.280. The molecule has 2 rings (SSSR count). The van der Waals surface area contributed by atoms with E-state index in [0.717, 1.165) is 19.4 Å². The first-order valence-electron chi connectivity index (χ1n) is 6.31. The first-order valence-corrected chi connectivity index (χ1v) is 6.31. The highest BCUT2D eigenvalue weighted by molar-refractivity contribution is 5.85. The Morgan fingerprint density at radius 2 is 1.88 bits per heavy atom. The molecule has 0 radical (unpaired) electrons. The molecule has 1 aliphatic heterocycles. The topological polar surface area (TPSA) is 41.1 Å². The van der Waals surface area contributed by atoms with Crippen LogP contribution in [0.4, 0.5) is 0 Å². The van der Waals surface area contributed by atoms with Gasteiger partial charge in [0.1, 0.15) is 0 Å². The Morgan fingerprint density at radius 3 is 2.50 bits per heavy atom. The molecular weight excluding hydrogens is 224 g/mol. The predicted molar refractivity (Wildman–Crippen MR) is 67.8 cm³/mol. The molecule has 2 aliphatic rings. The SMILES string of the molecule is C[C@H]1NCCC[C@H]1C(=O)NC1CCCC1.Cl. The van der Waals surface area contributed by atoms with Crippen LogP contribution >= 0.6 is 12.4 Å². The van der Waals surface area contributed by atoms with E-state index in [4.69, 9.17) is 0 Å². The van der Waals surface area contributed by atoms with Gasteiger partial charge >= 0.3 is 0 Å². The van der Waals surface area contributed by atoms with Crippen LogP contribution in [0.2, 0.25) is 0 Å². The van der Waals surface area contributed by atoms with E-state index in [2.05, 4.69) is 17.6 Å². The van der Waals surface area contributed by atoms with E-state index < -0.39 is 0 Å². The van der Waals surface area contributed by atoms with Crippen molar-refractivity contribution < 1.29 is 4.79 Å². The summed E-state index contributed by atoms with van der Waals surface area (Å²) in [7, 11) is 0. The van der Waals surface area contributed by atoms with Crippen molar-refractivity contribution in [3.8, 4) is 0 Å². The van der Waals surface area contributed by atoms with Gasteiger partial charge in [-0.25, -0.2) is 0 Å². The molecular formula is C12H23ClN2O. The molecule has 0 spiro atoms. The monoisotopic (exact) mass is 246 g/mol. The van der Waals surface area contributed by atoms with Crippen molar-refractivity contribution in [1.29, 1.82) is 0 Å². The van der Waals surface area contributed by atoms with Crippen LogP contribution in [0.15, 0.2) is 0 Å². The van der Waals surface area contributed by atoms with Crippen LogP contribution in [0.25, 0.3) is 0 Å². The molecule has 0 aromatic carbocycles. The number of carbonyl (C=O) groups excluding carboxylic acids is 1. The number of nitrogens with one attached hydrogen (secondary N) is 2. The smallest absolute Gasteiger partial charge is 0.224 e. The lowest BCUT2D eigenvalue weighted by molar-refractivity contribution is -0.127. The summed E-state index contributed by atoms with van der Waals surface area (Å²) < 4.78 is 0. The number of hydrogen-bond acceptors (Lipinski definition) is 2. The zero-order valence-electron chi connectivity index (χ0n) is 10.00. The van der Waals surface area contributed by atoms with Crippen LogP contribution in [0.1, 0.15) is 45.4 Å². The number of halogens is 1. The Morgan fingerprint density at radius 1 is 1.19 bits per heavy atom. The fourth-order valence-corrected chi connectivity index (χ4v) is 2.78. The van der Waals surface area contributed by atoms with E-state index in [1.807, 2.05) is 0 Å². The molecule has 0 aromatic rings. The van der Waals surface area contributed by atoms with Gasteiger partial charge in [-0.3, -0.25) is 4.79 Å². The second-order valence-electron chi connectivity index (χ2n) is 4.98. The third-order valence-corrected chi connectivity index (χ3v) is 3.80. The maximum Gasteiger partial charge on any atom is 0.224 e. The third-order valence-electron chi connectivity index (χ3n) is 3.80. The first kappa shape index (κ1) is 13.8. The summed E-state index contributed by atoms with van der Waals surface area (Å²) in [5.74, 6) is 0.473. The quantitative estimate of drug-likeness (QED) is 0.781. The van der Waals surface area contributed by atoms with Gasteiger partial charge in [0.25, 0.3) is 0 Å². The average Bonchev–Trinajstić information content (AvgIpc) is 2.71. The third kappa shape index (κ3) is 3.36. The van der Waals surface area contributed by atoms with E-state index in [-0.39, 0.29) is 24.2 Å². The van der Waals surface area contributed by atoms with Crippen LogP contribution in [-0.2, 0) is 4.79 Å². The van der Waals surface area contributed by atoms with Crippen molar-refractivity contribution in [3.63, 3.8) is 0 Å².